The second kappa shape index (κ2) is 11.5. The lowest BCUT2D eigenvalue weighted by molar-refractivity contribution is -0.384. The van der Waals surface area contributed by atoms with Crippen LogP contribution in [0.2, 0.25) is 0 Å². The van der Waals surface area contributed by atoms with Crippen molar-refractivity contribution >= 4 is 33.5 Å². The van der Waals surface area contributed by atoms with E-state index in [2.05, 4.69) is 10.5 Å². The summed E-state index contributed by atoms with van der Waals surface area (Å²) < 4.78 is 31.4. The number of nitrogens with zero attached hydrogens (tertiary/aromatic N) is 3. The monoisotopic (exact) mass is 510 g/mol. The van der Waals surface area contributed by atoms with Gasteiger partial charge in [0.2, 0.25) is 10.0 Å². The molecule has 0 saturated heterocycles. The van der Waals surface area contributed by atoms with Gasteiger partial charge in [-0.25, -0.2) is 13.8 Å². The highest BCUT2D eigenvalue weighted by molar-refractivity contribution is 7.92. The lowest BCUT2D eigenvalue weighted by Crippen LogP contribution is -2.39. The summed E-state index contributed by atoms with van der Waals surface area (Å²) in [4.78, 5) is 22.7. The molecule has 3 rings (SSSR count). The molecule has 0 unspecified atom stereocenters. The van der Waals surface area contributed by atoms with Crippen LogP contribution in [0.25, 0.3) is 0 Å². The van der Waals surface area contributed by atoms with Gasteiger partial charge in [0.25, 0.3) is 11.6 Å². The lowest BCUT2D eigenvalue weighted by Gasteiger charge is -2.23. The molecule has 188 valence electrons. The Labute approximate surface area is 209 Å². The number of hydrazone groups is 1. The molecule has 0 saturated carbocycles. The quantitative estimate of drug-likeness (QED) is 0.251. The van der Waals surface area contributed by atoms with Crippen LogP contribution >= 0.6 is 0 Å². The summed E-state index contributed by atoms with van der Waals surface area (Å²) in [7, 11) is -3.69. The van der Waals surface area contributed by atoms with Gasteiger partial charge in [0.15, 0.2) is 0 Å². The number of non-ortho nitro benzene ring substituents is 1. The van der Waals surface area contributed by atoms with Gasteiger partial charge in [-0.15, -0.1) is 0 Å². The first-order valence-electron chi connectivity index (χ1n) is 10.9. The fourth-order valence-electron chi connectivity index (χ4n) is 3.26. The molecule has 0 aliphatic carbocycles. The van der Waals surface area contributed by atoms with E-state index in [1.807, 2.05) is 13.0 Å². The number of nitrogens with one attached hydrogen (secondary N) is 1. The first kappa shape index (κ1) is 26.4. The third-order valence-corrected chi connectivity index (χ3v) is 6.49. The number of sulfonamides is 1. The molecule has 0 aliphatic heterocycles. The van der Waals surface area contributed by atoms with Gasteiger partial charge in [-0.1, -0.05) is 12.1 Å². The van der Waals surface area contributed by atoms with Crippen molar-refractivity contribution in [1.82, 2.24) is 5.43 Å². The van der Waals surface area contributed by atoms with Crippen LogP contribution in [0.4, 0.5) is 11.4 Å². The minimum absolute atomic E-state index is 0.0174. The van der Waals surface area contributed by atoms with Crippen molar-refractivity contribution in [2.75, 3.05) is 17.1 Å². The summed E-state index contributed by atoms with van der Waals surface area (Å²) in [6.45, 7) is 3.52. The highest BCUT2D eigenvalue weighted by Gasteiger charge is 2.22. The predicted octanol–water partition coefficient (Wildman–Crippen LogP) is 3.71. The summed E-state index contributed by atoms with van der Waals surface area (Å²) in [5.41, 5.74) is 5.99. The number of nitro benzene ring substituents is 1. The summed E-state index contributed by atoms with van der Waals surface area (Å²) >= 11 is 0. The maximum absolute atomic E-state index is 12.4. The number of ether oxygens (including phenoxy) is 1. The van der Waals surface area contributed by atoms with E-state index >= 15 is 0 Å². The molecule has 0 aliphatic rings. The average molecular weight is 511 g/mol. The van der Waals surface area contributed by atoms with Gasteiger partial charge in [0.05, 0.1) is 23.1 Å². The smallest absolute Gasteiger partial charge is 0.269 e. The Morgan fingerprint density at radius 3 is 2.36 bits per heavy atom. The molecule has 0 fully saturated rings. The average Bonchev–Trinajstić information content (AvgIpc) is 2.83. The van der Waals surface area contributed by atoms with E-state index in [1.54, 1.807) is 55.5 Å². The van der Waals surface area contributed by atoms with E-state index in [1.165, 1.54) is 18.3 Å². The molecule has 0 atom stereocenters. The third-order valence-electron chi connectivity index (χ3n) is 5.37. The zero-order chi connectivity index (χ0) is 26.3. The topological polar surface area (TPSA) is 131 Å². The number of rotatable bonds is 10. The van der Waals surface area contributed by atoms with Crippen LogP contribution in [0.5, 0.6) is 5.75 Å². The summed E-state index contributed by atoms with van der Waals surface area (Å²) in [5, 5.41) is 14.6. The van der Waals surface area contributed by atoms with Crippen molar-refractivity contribution in [3.8, 4) is 5.75 Å². The van der Waals surface area contributed by atoms with Crippen LogP contribution in [0, 0.1) is 24.0 Å². The van der Waals surface area contributed by atoms with E-state index in [4.69, 9.17) is 4.74 Å². The normalized spacial score (nSPS) is 11.3. The third kappa shape index (κ3) is 7.12. The largest absolute Gasteiger partial charge is 0.489 e. The van der Waals surface area contributed by atoms with E-state index < -0.39 is 27.4 Å². The number of benzene rings is 3. The van der Waals surface area contributed by atoms with Crippen LogP contribution in [-0.2, 0) is 21.4 Å². The Hall–Kier alpha value is -4.25. The van der Waals surface area contributed by atoms with Crippen molar-refractivity contribution in [1.29, 1.82) is 0 Å². The van der Waals surface area contributed by atoms with Gasteiger partial charge in [-0.2, -0.15) is 5.10 Å². The van der Waals surface area contributed by atoms with Gasteiger partial charge in [-0.3, -0.25) is 19.2 Å². The molecule has 1 N–H and O–H groups in total. The fraction of sp³-hybridized carbons (Fsp3) is 0.200. The fourth-order valence-corrected chi connectivity index (χ4v) is 4.17. The van der Waals surface area contributed by atoms with Gasteiger partial charge < -0.3 is 4.74 Å². The lowest BCUT2D eigenvalue weighted by atomic mass is 10.1. The maximum atomic E-state index is 12.4. The molecule has 3 aromatic rings. The van der Waals surface area contributed by atoms with E-state index in [9.17, 15) is 23.3 Å². The molecule has 0 heterocycles. The van der Waals surface area contributed by atoms with E-state index in [0.29, 0.717) is 17.0 Å². The SMILES string of the molecule is Cc1cccc(N(CC(=O)N/N=C/c2ccc(OCc3ccc([N+](=O)[O-])cc3)cc2)S(C)(=O)=O)c1C. The Morgan fingerprint density at radius 1 is 1.08 bits per heavy atom. The van der Waals surface area contributed by atoms with Gasteiger partial charge in [-0.05, 0) is 78.6 Å². The number of anilines is 1. The Balaban J connectivity index is 1.55. The Kier molecular flexibility index (Phi) is 8.38. The summed E-state index contributed by atoms with van der Waals surface area (Å²) in [5.74, 6) is 0.00693. The number of hydrogen-bond acceptors (Lipinski definition) is 7. The maximum Gasteiger partial charge on any atom is 0.269 e. The number of hydrogen-bond donors (Lipinski definition) is 1. The second-order valence-corrected chi connectivity index (χ2v) is 9.97. The molecule has 0 bridgehead atoms. The summed E-state index contributed by atoms with van der Waals surface area (Å²) in [6.07, 6.45) is 2.48. The number of carbonyl (C=O) groups excluding carboxylic acids is 1. The number of amides is 1. The first-order valence-corrected chi connectivity index (χ1v) is 12.7. The Morgan fingerprint density at radius 2 is 1.75 bits per heavy atom. The highest BCUT2D eigenvalue weighted by atomic mass is 32.2. The first-order chi connectivity index (χ1) is 17.0. The number of aryl methyl sites for hydroxylation is 1. The van der Waals surface area contributed by atoms with Crippen LogP contribution in [0.15, 0.2) is 71.8 Å². The van der Waals surface area contributed by atoms with Crippen molar-refractivity contribution in [2.45, 2.75) is 20.5 Å². The van der Waals surface area contributed by atoms with Gasteiger partial charge in [0.1, 0.15) is 18.9 Å². The molecular formula is C25H26N4O6S. The minimum Gasteiger partial charge on any atom is -0.489 e. The molecule has 3 aromatic carbocycles. The van der Waals surface area contributed by atoms with Crippen LogP contribution < -0.4 is 14.5 Å². The molecular weight excluding hydrogens is 484 g/mol. The van der Waals surface area contributed by atoms with Crippen LogP contribution in [-0.4, -0.2) is 38.3 Å². The van der Waals surface area contributed by atoms with Crippen molar-refractivity contribution in [2.24, 2.45) is 5.10 Å². The molecule has 1 amide bonds. The van der Waals surface area contributed by atoms with E-state index in [-0.39, 0.29) is 12.3 Å². The number of carbonyl (C=O) groups is 1. The minimum atomic E-state index is -3.69. The second-order valence-electron chi connectivity index (χ2n) is 8.06. The van der Waals surface area contributed by atoms with Crippen molar-refractivity contribution in [3.63, 3.8) is 0 Å². The molecule has 0 radical (unpaired) electrons. The molecule has 0 aromatic heterocycles. The zero-order valence-corrected chi connectivity index (χ0v) is 20.9. The molecule has 36 heavy (non-hydrogen) atoms. The van der Waals surface area contributed by atoms with Crippen LogP contribution in [0.1, 0.15) is 22.3 Å². The van der Waals surface area contributed by atoms with Gasteiger partial charge >= 0.3 is 0 Å². The van der Waals surface area contributed by atoms with Gasteiger partial charge in [0, 0.05) is 12.1 Å². The Bertz CT molecular complexity index is 1370. The number of nitro groups is 1. The zero-order valence-electron chi connectivity index (χ0n) is 20.0. The molecule has 0 spiro atoms. The standard InChI is InChI=1S/C25H26N4O6S/c1-18-5-4-6-24(19(18)2)28(36(3,33)34)16-25(30)27-26-15-20-9-13-23(14-10-20)35-17-21-7-11-22(12-8-21)29(31)32/h4-15H,16-17H2,1-3H3,(H,27,30)/b26-15+. The van der Waals surface area contributed by atoms with Crippen LogP contribution in [0.3, 0.4) is 0 Å². The highest BCUT2D eigenvalue weighted by Crippen LogP contribution is 2.24. The summed E-state index contributed by atoms with van der Waals surface area (Å²) in [6, 6.07) is 18.3. The van der Waals surface area contributed by atoms with Crippen molar-refractivity contribution < 1.29 is 22.9 Å². The molecule has 10 nitrogen and oxygen atoms in total. The van der Waals surface area contributed by atoms with Crippen molar-refractivity contribution in [3.05, 3.63) is 99.1 Å². The van der Waals surface area contributed by atoms with E-state index in [0.717, 1.165) is 27.3 Å². The molecule has 11 heteroatoms. The predicted molar refractivity (Wildman–Crippen MR) is 138 cm³/mol.